The fourth-order valence-electron chi connectivity index (χ4n) is 1.48. The van der Waals surface area contributed by atoms with Gasteiger partial charge < -0.3 is 9.47 Å². The Balaban J connectivity index is 2.21. The highest BCUT2D eigenvalue weighted by atomic mass is 16.6. The second-order valence-electron chi connectivity index (χ2n) is 4.95. The van der Waals surface area contributed by atoms with Crippen molar-refractivity contribution < 1.29 is 14.3 Å². The Morgan fingerprint density at radius 1 is 1.47 bits per heavy atom. The molecule has 1 saturated carbocycles. The molecule has 0 N–H and O–H groups in total. The van der Waals surface area contributed by atoms with Crippen molar-refractivity contribution in [3.63, 3.8) is 0 Å². The zero-order valence-corrected chi connectivity index (χ0v) is 9.79. The summed E-state index contributed by atoms with van der Waals surface area (Å²) < 4.78 is 10.7. The summed E-state index contributed by atoms with van der Waals surface area (Å²) in [4.78, 5) is 11.6. The summed E-state index contributed by atoms with van der Waals surface area (Å²) in [7, 11) is 0. The molecule has 3 heteroatoms. The minimum atomic E-state index is -0.385. The lowest BCUT2D eigenvalue weighted by Gasteiger charge is -2.34. The molecule has 0 aromatic rings. The first-order valence-electron chi connectivity index (χ1n) is 5.37. The minimum Gasteiger partial charge on any atom is -0.460 e. The molecule has 15 heavy (non-hydrogen) atoms. The lowest BCUT2D eigenvalue weighted by atomic mass is 9.82. The third-order valence-electron chi connectivity index (χ3n) is 2.28. The summed E-state index contributed by atoms with van der Waals surface area (Å²) in [6.45, 7) is 9.79. The first-order chi connectivity index (χ1) is 6.92. The fraction of sp³-hybridized carbons (Fsp3) is 0.750. The van der Waals surface area contributed by atoms with E-state index in [9.17, 15) is 4.79 Å². The smallest absolute Gasteiger partial charge is 0.309 e. The van der Waals surface area contributed by atoms with Crippen LogP contribution in [0.3, 0.4) is 0 Å². The average Bonchev–Trinajstić information content (AvgIpc) is 1.98. The molecule has 1 aliphatic carbocycles. The van der Waals surface area contributed by atoms with E-state index in [2.05, 4.69) is 6.58 Å². The van der Waals surface area contributed by atoms with Crippen LogP contribution in [0.5, 0.6) is 0 Å². The Bertz CT molecular complexity index is 234. The maximum absolute atomic E-state index is 11.6. The van der Waals surface area contributed by atoms with Gasteiger partial charge in [-0.25, -0.2) is 0 Å². The van der Waals surface area contributed by atoms with Gasteiger partial charge in [0.15, 0.2) is 0 Å². The molecule has 1 fully saturated rings. The molecule has 0 unspecified atom stereocenters. The van der Waals surface area contributed by atoms with E-state index in [4.69, 9.17) is 9.47 Å². The normalized spacial score (nSPS) is 25.5. The van der Waals surface area contributed by atoms with Crippen LogP contribution in [0.15, 0.2) is 12.7 Å². The van der Waals surface area contributed by atoms with Gasteiger partial charge in [-0.3, -0.25) is 4.79 Å². The van der Waals surface area contributed by atoms with Crippen LogP contribution in [-0.2, 0) is 14.3 Å². The molecule has 0 aliphatic heterocycles. The lowest BCUT2D eigenvalue weighted by molar-refractivity contribution is -0.168. The van der Waals surface area contributed by atoms with E-state index in [1.807, 2.05) is 20.8 Å². The quantitative estimate of drug-likeness (QED) is 0.530. The summed E-state index contributed by atoms with van der Waals surface area (Å²) in [6.07, 6.45) is 3.49. The van der Waals surface area contributed by atoms with E-state index >= 15 is 0 Å². The molecule has 0 atom stereocenters. The highest BCUT2D eigenvalue weighted by Gasteiger charge is 2.37. The molecule has 0 spiro atoms. The van der Waals surface area contributed by atoms with Gasteiger partial charge in [0.25, 0.3) is 0 Å². The third kappa shape index (κ3) is 4.04. The Labute approximate surface area is 91.4 Å². The monoisotopic (exact) mass is 212 g/mol. The maximum Gasteiger partial charge on any atom is 0.309 e. The summed E-state index contributed by atoms with van der Waals surface area (Å²) in [5.41, 5.74) is -0.385. The minimum absolute atomic E-state index is 0.0269. The van der Waals surface area contributed by atoms with Crippen molar-refractivity contribution in [1.29, 1.82) is 0 Å². The van der Waals surface area contributed by atoms with Gasteiger partial charge in [0.1, 0.15) is 5.60 Å². The number of rotatable bonds is 4. The average molecular weight is 212 g/mol. The van der Waals surface area contributed by atoms with E-state index in [1.54, 1.807) is 6.08 Å². The molecule has 0 radical (unpaired) electrons. The van der Waals surface area contributed by atoms with Crippen LogP contribution in [0, 0.1) is 5.92 Å². The first kappa shape index (κ1) is 12.2. The van der Waals surface area contributed by atoms with Crippen LogP contribution in [0.4, 0.5) is 0 Å². The number of carbonyl (C=O) groups excluding carboxylic acids is 1. The van der Waals surface area contributed by atoms with Crippen LogP contribution in [-0.4, -0.2) is 24.3 Å². The van der Waals surface area contributed by atoms with Gasteiger partial charge in [0.05, 0.1) is 18.6 Å². The van der Waals surface area contributed by atoms with Crippen LogP contribution >= 0.6 is 0 Å². The van der Waals surface area contributed by atoms with Crippen molar-refractivity contribution in [3.8, 4) is 0 Å². The van der Waals surface area contributed by atoms with E-state index in [1.165, 1.54) is 0 Å². The van der Waals surface area contributed by atoms with E-state index in [0.29, 0.717) is 6.61 Å². The third-order valence-corrected chi connectivity index (χ3v) is 2.28. The largest absolute Gasteiger partial charge is 0.460 e. The zero-order chi connectivity index (χ0) is 11.5. The van der Waals surface area contributed by atoms with Crippen LogP contribution in [0.25, 0.3) is 0 Å². The van der Waals surface area contributed by atoms with Gasteiger partial charge in [-0.05, 0) is 33.6 Å². The molecule has 0 amide bonds. The van der Waals surface area contributed by atoms with Crippen molar-refractivity contribution in [3.05, 3.63) is 12.7 Å². The van der Waals surface area contributed by atoms with Gasteiger partial charge >= 0.3 is 5.97 Å². The van der Waals surface area contributed by atoms with Gasteiger partial charge in [0, 0.05) is 0 Å². The van der Waals surface area contributed by atoms with Crippen molar-refractivity contribution >= 4 is 5.97 Å². The molecule has 0 heterocycles. The second kappa shape index (κ2) is 4.79. The second-order valence-corrected chi connectivity index (χ2v) is 4.95. The summed E-state index contributed by atoms with van der Waals surface area (Å²) in [5.74, 6) is -0.0695. The number of esters is 1. The fourth-order valence-corrected chi connectivity index (χ4v) is 1.48. The molecule has 1 rings (SSSR count). The molecular weight excluding hydrogens is 192 g/mol. The molecule has 0 bridgehead atoms. The zero-order valence-electron chi connectivity index (χ0n) is 9.79. The highest BCUT2D eigenvalue weighted by molar-refractivity contribution is 5.74. The Morgan fingerprint density at radius 2 is 2.07 bits per heavy atom. The molecule has 0 aromatic carbocycles. The number of ether oxygens (including phenoxy) is 2. The molecule has 0 aromatic heterocycles. The van der Waals surface area contributed by atoms with Crippen molar-refractivity contribution in [2.75, 3.05) is 6.61 Å². The lowest BCUT2D eigenvalue weighted by Crippen LogP contribution is -2.40. The number of hydrogen-bond donors (Lipinski definition) is 0. The molecule has 3 nitrogen and oxygen atoms in total. The maximum atomic E-state index is 11.6. The van der Waals surface area contributed by atoms with Crippen LogP contribution in [0.2, 0.25) is 0 Å². The summed E-state index contributed by atoms with van der Waals surface area (Å²) >= 11 is 0. The first-order valence-corrected chi connectivity index (χ1v) is 5.37. The SMILES string of the molecule is C=CCO[C@H]1C[C@@H](C(=O)OC(C)(C)C)C1. The number of carbonyl (C=O) groups is 1. The standard InChI is InChI=1S/C12H20O3/c1-5-6-14-10-7-9(8-10)11(13)15-12(2,3)4/h5,9-10H,1,6-8H2,2-4H3/t9-,10+. The van der Waals surface area contributed by atoms with Crippen molar-refractivity contribution in [1.82, 2.24) is 0 Å². The summed E-state index contributed by atoms with van der Waals surface area (Å²) in [6, 6.07) is 0. The van der Waals surface area contributed by atoms with Crippen LogP contribution in [0.1, 0.15) is 33.6 Å². The van der Waals surface area contributed by atoms with Crippen molar-refractivity contribution in [2.24, 2.45) is 5.92 Å². The molecular formula is C12H20O3. The van der Waals surface area contributed by atoms with Crippen LogP contribution < -0.4 is 0 Å². The van der Waals surface area contributed by atoms with E-state index in [0.717, 1.165) is 12.8 Å². The van der Waals surface area contributed by atoms with Gasteiger partial charge in [-0.15, -0.1) is 6.58 Å². The van der Waals surface area contributed by atoms with E-state index in [-0.39, 0.29) is 23.6 Å². The predicted octanol–water partition coefficient (Wildman–Crippen LogP) is 2.31. The Hall–Kier alpha value is -0.830. The molecule has 0 saturated heterocycles. The predicted molar refractivity (Wildman–Crippen MR) is 58.5 cm³/mol. The van der Waals surface area contributed by atoms with Gasteiger partial charge in [-0.1, -0.05) is 6.08 Å². The molecule has 1 aliphatic rings. The highest BCUT2D eigenvalue weighted by Crippen LogP contribution is 2.32. The van der Waals surface area contributed by atoms with Gasteiger partial charge in [-0.2, -0.15) is 0 Å². The van der Waals surface area contributed by atoms with Crippen molar-refractivity contribution in [2.45, 2.75) is 45.3 Å². The Kier molecular flexibility index (Phi) is 3.91. The summed E-state index contributed by atoms with van der Waals surface area (Å²) in [5, 5.41) is 0. The number of hydrogen-bond acceptors (Lipinski definition) is 3. The molecule has 86 valence electrons. The van der Waals surface area contributed by atoms with E-state index < -0.39 is 0 Å². The van der Waals surface area contributed by atoms with Gasteiger partial charge in [0.2, 0.25) is 0 Å². The topological polar surface area (TPSA) is 35.5 Å². The Morgan fingerprint density at radius 3 is 2.53 bits per heavy atom.